The number of rotatable bonds is 2. The number of hydrogen-bond acceptors (Lipinski definition) is 3. The smallest absolute Gasteiger partial charge is 0.219 e. The minimum absolute atomic E-state index is 0.155. The first-order chi connectivity index (χ1) is 8.15. The Morgan fingerprint density at radius 3 is 2.59 bits per heavy atom. The fourth-order valence-electron chi connectivity index (χ4n) is 2.13. The second kappa shape index (κ2) is 5.19. The van der Waals surface area contributed by atoms with Crippen molar-refractivity contribution in [2.45, 2.75) is 13.5 Å². The SMILES string of the molecule is CC(=O)N1CCN(Cc2cccc(O)c2)CC1. The fourth-order valence-corrected chi connectivity index (χ4v) is 2.13. The molecule has 1 fully saturated rings. The third-order valence-electron chi connectivity index (χ3n) is 3.13. The van der Waals surface area contributed by atoms with Gasteiger partial charge >= 0.3 is 0 Å². The van der Waals surface area contributed by atoms with E-state index in [4.69, 9.17) is 0 Å². The molecule has 0 aromatic heterocycles. The van der Waals surface area contributed by atoms with Gasteiger partial charge < -0.3 is 10.0 Å². The van der Waals surface area contributed by atoms with Gasteiger partial charge in [-0.3, -0.25) is 9.69 Å². The highest BCUT2D eigenvalue weighted by Gasteiger charge is 2.18. The summed E-state index contributed by atoms with van der Waals surface area (Å²) in [4.78, 5) is 15.4. The van der Waals surface area contributed by atoms with E-state index < -0.39 is 0 Å². The van der Waals surface area contributed by atoms with Crippen LogP contribution in [0.1, 0.15) is 12.5 Å². The van der Waals surface area contributed by atoms with Gasteiger partial charge in [0.2, 0.25) is 5.91 Å². The molecule has 4 heteroatoms. The van der Waals surface area contributed by atoms with E-state index in [1.54, 1.807) is 19.1 Å². The summed E-state index contributed by atoms with van der Waals surface area (Å²) in [6.45, 7) is 5.85. The van der Waals surface area contributed by atoms with Crippen molar-refractivity contribution in [3.8, 4) is 5.75 Å². The summed E-state index contributed by atoms with van der Waals surface area (Å²) >= 11 is 0. The van der Waals surface area contributed by atoms with Gasteiger partial charge in [-0.2, -0.15) is 0 Å². The van der Waals surface area contributed by atoms with Crippen molar-refractivity contribution in [1.29, 1.82) is 0 Å². The largest absolute Gasteiger partial charge is 0.508 e. The maximum atomic E-state index is 11.2. The van der Waals surface area contributed by atoms with Crippen molar-refractivity contribution in [2.75, 3.05) is 26.2 Å². The van der Waals surface area contributed by atoms with E-state index >= 15 is 0 Å². The first kappa shape index (κ1) is 11.9. The van der Waals surface area contributed by atoms with Crippen LogP contribution >= 0.6 is 0 Å². The molecule has 1 aromatic carbocycles. The van der Waals surface area contributed by atoms with Gasteiger partial charge in [-0.1, -0.05) is 12.1 Å². The quantitative estimate of drug-likeness (QED) is 0.832. The normalized spacial score (nSPS) is 17.1. The number of carbonyl (C=O) groups excluding carboxylic acids is 1. The first-order valence-corrected chi connectivity index (χ1v) is 5.91. The monoisotopic (exact) mass is 234 g/mol. The lowest BCUT2D eigenvalue weighted by Gasteiger charge is -2.34. The molecule has 92 valence electrons. The molecule has 0 bridgehead atoms. The molecule has 2 rings (SSSR count). The number of amides is 1. The van der Waals surface area contributed by atoms with E-state index in [9.17, 15) is 9.90 Å². The highest BCUT2D eigenvalue weighted by Crippen LogP contribution is 2.14. The summed E-state index contributed by atoms with van der Waals surface area (Å²) in [6, 6.07) is 7.34. The van der Waals surface area contributed by atoms with Gasteiger partial charge in [-0.25, -0.2) is 0 Å². The average molecular weight is 234 g/mol. The third kappa shape index (κ3) is 3.20. The molecule has 4 nitrogen and oxygen atoms in total. The number of nitrogens with zero attached hydrogens (tertiary/aromatic N) is 2. The van der Waals surface area contributed by atoms with E-state index in [0.29, 0.717) is 5.75 Å². The summed E-state index contributed by atoms with van der Waals surface area (Å²) in [6.07, 6.45) is 0. The summed E-state index contributed by atoms with van der Waals surface area (Å²) < 4.78 is 0. The summed E-state index contributed by atoms with van der Waals surface area (Å²) in [5.74, 6) is 0.465. The molecular weight excluding hydrogens is 216 g/mol. The van der Waals surface area contributed by atoms with Gasteiger partial charge in [0.15, 0.2) is 0 Å². The zero-order chi connectivity index (χ0) is 12.3. The molecule has 1 heterocycles. The molecule has 1 N–H and O–H groups in total. The van der Waals surface area contributed by atoms with Crippen LogP contribution in [0, 0.1) is 0 Å². The molecular formula is C13H18N2O2. The number of piperazine rings is 1. The first-order valence-electron chi connectivity index (χ1n) is 5.91. The van der Waals surface area contributed by atoms with Crippen molar-refractivity contribution in [2.24, 2.45) is 0 Å². The van der Waals surface area contributed by atoms with Crippen LogP contribution < -0.4 is 0 Å². The standard InChI is InChI=1S/C13H18N2O2/c1-11(16)15-7-5-14(6-8-15)10-12-3-2-4-13(17)9-12/h2-4,9,17H,5-8,10H2,1H3. The topological polar surface area (TPSA) is 43.8 Å². The summed E-state index contributed by atoms with van der Waals surface area (Å²) in [5.41, 5.74) is 1.11. The van der Waals surface area contributed by atoms with Crippen LogP contribution in [0.25, 0.3) is 0 Å². The predicted octanol–water partition coefficient (Wildman–Crippen LogP) is 1.06. The van der Waals surface area contributed by atoms with E-state index in [-0.39, 0.29) is 5.91 Å². The number of hydrogen-bond donors (Lipinski definition) is 1. The zero-order valence-electron chi connectivity index (χ0n) is 10.1. The Kier molecular flexibility index (Phi) is 3.64. The number of phenols is 1. The highest BCUT2D eigenvalue weighted by atomic mass is 16.3. The Balaban J connectivity index is 1.88. The molecule has 0 spiro atoms. The van der Waals surface area contributed by atoms with E-state index in [1.165, 1.54) is 0 Å². The lowest BCUT2D eigenvalue weighted by Crippen LogP contribution is -2.47. The number of carbonyl (C=O) groups is 1. The van der Waals surface area contributed by atoms with Crippen molar-refractivity contribution in [3.63, 3.8) is 0 Å². The van der Waals surface area contributed by atoms with Crippen LogP contribution in [0.15, 0.2) is 24.3 Å². The van der Waals surface area contributed by atoms with Gasteiger partial charge in [-0.05, 0) is 17.7 Å². The molecule has 0 saturated carbocycles. The van der Waals surface area contributed by atoms with Crippen molar-refractivity contribution in [3.05, 3.63) is 29.8 Å². The third-order valence-corrected chi connectivity index (χ3v) is 3.13. The minimum atomic E-state index is 0.155. The van der Waals surface area contributed by atoms with Gasteiger partial charge in [0.1, 0.15) is 5.75 Å². The Labute approximate surface area is 101 Å². The summed E-state index contributed by atoms with van der Waals surface area (Å²) in [7, 11) is 0. The lowest BCUT2D eigenvalue weighted by atomic mass is 10.2. The minimum Gasteiger partial charge on any atom is -0.508 e. The second-order valence-electron chi connectivity index (χ2n) is 4.45. The lowest BCUT2D eigenvalue weighted by molar-refractivity contribution is -0.130. The predicted molar refractivity (Wildman–Crippen MR) is 65.6 cm³/mol. The molecule has 1 amide bonds. The van der Waals surface area contributed by atoms with Crippen molar-refractivity contribution < 1.29 is 9.90 Å². The fraction of sp³-hybridized carbons (Fsp3) is 0.462. The molecule has 1 saturated heterocycles. The molecule has 0 atom stereocenters. The number of aromatic hydroxyl groups is 1. The molecule has 0 unspecified atom stereocenters. The van der Waals surface area contributed by atoms with Crippen LogP contribution in [0.5, 0.6) is 5.75 Å². The Morgan fingerprint density at radius 1 is 1.29 bits per heavy atom. The molecule has 1 aliphatic rings. The van der Waals surface area contributed by atoms with Crippen LogP contribution in [0.3, 0.4) is 0 Å². The maximum Gasteiger partial charge on any atom is 0.219 e. The van der Waals surface area contributed by atoms with E-state index in [1.807, 2.05) is 17.0 Å². The van der Waals surface area contributed by atoms with Crippen LogP contribution in [-0.2, 0) is 11.3 Å². The molecule has 17 heavy (non-hydrogen) atoms. The zero-order valence-corrected chi connectivity index (χ0v) is 10.1. The summed E-state index contributed by atoms with van der Waals surface area (Å²) in [5, 5.41) is 9.39. The second-order valence-corrected chi connectivity index (χ2v) is 4.45. The maximum absolute atomic E-state index is 11.2. The Hall–Kier alpha value is -1.55. The Morgan fingerprint density at radius 2 is 2.00 bits per heavy atom. The van der Waals surface area contributed by atoms with Crippen LogP contribution in [-0.4, -0.2) is 47.0 Å². The van der Waals surface area contributed by atoms with E-state index in [0.717, 1.165) is 38.3 Å². The molecule has 0 aliphatic carbocycles. The van der Waals surface area contributed by atoms with Crippen LogP contribution in [0.4, 0.5) is 0 Å². The average Bonchev–Trinajstić information content (AvgIpc) is 2.29. The Bertz CT molecular complexity index is 398. The molecule has 0 radical (unpaired) electrons. The van der Waals surface area contributed by atoms with Gasteiger partial charge in [0.25, 0.3) is 0 Å². The molecule has 1 aliphatic heterocycles. The number of benzene rings is 1. The van der Waals surface area contributed by atoms with Gasteiger partial charge in [0, 0.05) is 39.6 Å². The number of phenolic OH excluding ortho intramolecular Hbond substituents is 1. The highest BCUT2D eigenvalue weighted by molar-refractivity contribution is 5.73. The van der Waals surface area contributed by atoms with Gasteiger partial charge in [0.05, 0.1) is 0 Å². The van der Waals surface area contributed by atoms with Crippen molar-refractivity contribution in [1.82, 2.24) is 9.80 Å². The van der Waals surface area contributed by atoms with Crippen LogP contribution in [0.2, 0.25) is 0 Å². The van der Waals surface area contributed by atoms with Crippen molar-refractivity contribution >= 4 is 5.91 Å². The molecule has 1 aromatic rings. The van der Waals surface area contributed by atoms with E-state index in [2.05, 4.69) is 4.90 Å². The van der Waals surface area contributed by atoms with Gasteiger partial charge in [-0.15, -0.1) is 0 Å².